The molecule has 0 bridgehead atoms. The SMILES string of the molecule is Nc1cc(NCC2CC2)ccn1. The number of pyridine rings is 1. The zero-order valence-corrected chi connectivity index (χ0v) is 6.96. The molecular weight excluding hydrogens is 150 g/mol. The van der Waals surface area contributed by atoms with Crippen molar-refractivity contribution < 1.29 is 0 Å². The third kappa shape index (κ3) is 1.87. The highest BCUT2D eigenvalue weighted by molar-refractivity contribution is 5.49. The lowest BCUT2D eigenvalue weighted by atomic mass is 10.3. The summed E-state index contributed by atoms with van der Waals surface area (Å²) in [6.45, 7) is 1.07. The van der Waals surface area contributed by atoms with Crippen molar-refractivity contribution in [3.63, 3.8) is 0 Å². The van der Waals surface area contributed by atoms with E-state index >= 15 is 0 Å². The van der Waals surface area contributed by atoms with Crippen LogP contribution in [0.15, 0.2) is 18.3 Å². The molecule has 0 radical (unpaired) electrons. The fourth-order valence-electron chi connectivity index (χ4n) is 1.14. The standard InChI is InChI=1S/C9H13N3/c10-9-5-8(3-4-11-9)12-6-7-1-2-7/h3-5,7H,1-2,6H2,(H3,10,11,12). The van der Waals surface area contributed by atoms with Crippen LogP contribution in [0.4, 0.5) is 11.5 Å². The zero-order chi connectivity index (χ0) is 8.39. The highest BCUT2D eigenvalue weighted by Gasteiger charge is 2.20. The predicted octanol–water partition coefficient (Wildman–Crippen LogP) is 1.49. The first-order valence-corrected chi connectivity index (χ1v) is 4.30. The van der Waals surface area contributed by atoms with E-state index in [9.17, 15) is 0 Å². The minimum Gasteiger partial charge on any atom is -0.385 e. The second-order valence-corrected chi connectivity index (χ2v) is 3.29. The summed E-state index contributed by atoms with van der Waals surface area (Å²) in [5, 5.41) is 3.33. The van der Waals surface area contributed by atoms with Crippen LogP contribution >= 0.6 is 0 Å². The van der Waals surface area contributed by atoms with Crippen molar-refractivity contribution in [2.45, 2.75) is 12.8 Å². The lowest BCUT2D eigenvalue weighted by Crippen LogP contribution is -2.03. The topological polar surface area (TPSA) is 50.9 Å². The van der Waals surface area contributed by atoms with Gasteiger partial charge in [0.2, 0.25) is 0 Å². The van der Waals surface area contributed by atoms with Crippen molar-refractivity contribution in [2.75, 3.05) is 17.6 Å². The van der Waals surface area contributed by atoms with Crippen LogP contribution in [-0.2, 0) is 0 Å². The summed E-state index contributed by atoms with van der Waals surface area (Å²) < 4.78 is 0. The second-order valence-electron chi connectivity index (χ2n) is 3.29. The summed E-state index contributed by atoms with van der Waals surface area (Å²) in [6, 6.07) is 3.81. The van der Waals surface area contributed by atoms with Crippen molar-refractivity contribution in [1.82, 2.24) is 4.98 Å². The molecule has 12 heavy (non-hydrogen) atoms. The van der Waals surface area contributed by atoms with Gasteiger partial charge in [0.05, 0.1) is 0 Å². The van der Waals surface area contributed by atoms with Gasteiger partial charge < -0.3 is 11.1 Å². The molecule has 0 aliphatic heterocycles. The van der Waals surface area contributed by atoms with Crippen LogP contribution in [-0.4, -0.2) is 11.5 Å². The first kappa shape index (κ1) is 7.40. The molecule has 1 aliphatic rings. The lowest BCUT2D eigenvalue weighted by Gasteiger charge is -2.04. The molecule has 1 aromatic heterocycles. The summed E-state index contributed by atoms with van der Waals surface area (Å²) in [5.41, 5.74) is 6.61. The molecule has 0 unspecified atom stereocenters. The summed E-state index contributed by atoms with van der Waals surface area (Å²) in [7, 11) is 0. The van der Waals surface area contributed by atoms with E-state index in [1.54, 1.807) is 6.20 Å². The van der Waals surface area contributed by atoms with E-state index in [1.807, 2.05) is 12.1 Å². The normalized spacial score (nSPS) is 16.0. The fraction of sp³-hybridized carbons (Fsp3) is 0.444. The van der Waals surface area contributed by atoms with Crippen LogP contribution in [0.3, 0.4) is 0 Å². The molecule has 1 heterocycles. The highest BCUT2D eigenvalue weighted by atomic mass is 14.9. The summed E-state index contributed by atoms with van der Waals surface area (Å²) in [5.74, 6) is 1.47. The number of anilines is 2. The Balaban J connectivity index is 1.92. The molecule has 64 valence electrons. The van der Waals surface area contributed by atoms with E-state index in [0.29, 0.717) is 5.82 Å². The molecule has 3 N–H and O–H groups in total. The molecule has 1 aromatic rings. The van der Waals surface area contributed by atoms with Crippen LogP contribution in [0.1, 0.15) is 12.8 Å². The Bertz CT molecular complexity index is 268. The van der Waals surface area contributed by atoms with Gasteiger partial charge in [0.25, 0.3) is 0 Å². The summed E-state index contributed by atoms with van der Waals surface area (Å²) in [6.07, 6.45) is 4.46. The maximum Gasteiger partial charge on any atom is 0.125 e. The van der Waals surface area contributed by atoms with Gasteiger partial charge in [-0.15, -0.1) is 0 Å². The van der Waals surface area contributed by atoms with Gasteiger partial charge in [-0.05, 0) is 24.8 Å². The number of nitrogens with two attached hydrogens (primary N) is 1. The second kappa shape index (κ2) is 3.01. The molecular formula is C9H13N3. The average molecular weight is 163 g/mol. The Hall–Kier alpha value is -1.25. The third-order valence-electron chi connectivity index (χ3n) is 2.07. The van der Waals surface area contributed by atoms with Gasteiger partial charge in [-0.25, -0.2) is 4.98 Å². The molecule has 3 heteroatoms. The van der Waals surface area contributed by atoms with Crippen LogP contribution in [0, 0.1) is 5.92 Å². The molecule has 1 fully saturated rings. The van der Waals surface area contributed by atoms with Crippen molar-refractivity contribution in [1.29, 1.82) is 0 Å². The Morgan fingerprint density at radius 1 is 1.58 bits per heavy atom. The van der Waals surface area contributed by atoms with Gasteiger partial charge in [-0.2, -0.15) is 0 Å². The van der Waals surface area contributed by atoms with Gasteiger partial charge in [0.1, 0.15) is 5.82 Å². The Morgan fingerprint density at radius 2 is 2.42 bits per heavy atom. The number of aromatic nitrogens is 1. The van der Waals surface area contributed by atoms with E-state index in [-0.39, 0.29) is 0 Å². The largest absolute Gasteiger partial charge is 0.385 e. The molecule has 0 atom stereocenters. The van der Waals surface area contributed by atoms with Gasteiger partial charge in [-0.3, -0.25) is 0 Å². The first-order chi connectivity index (χ1) is 5.84. The molecule has 0 amide bonds. The quantitative estimate of drug-likeness (QED) is 0.709. The van der Waals surface area contributed by atoms with E-state index in [2.05, 4.69) is 10.3 Å². The molecule has 0 aromatic carbocycles. The number of nitrogens with one attached hydrogen (secondary N) is 1. The first-order valence-electron chi connectivity index (χ1n) is 4.30. The smallest absolute Gasteiger partial charge is 0.125 e. The van der Waals surface area contributed by atoms with E-state index in [1.165, 1.54) is 12.8 Å². The Kier molecular flexibility index (Phi) is 1.86. The fourth-order valence-corrected chi connectivity index (χ4v) is 1.14. The molecule has 1 aliphatic carbocycles. The van der Waals surface area contributed by atoms with E-state index in [0.717, 1.165) is 18.2 Å². The third-order valence-corrected chi connectivity index (χ3v) is 2.07. The Morgan fingerprint density at radius 3 is 3.08 bits per heavy atom. The number of rotatable bonds is 3. The number of nitrogens with zero attached hydrogens (tertiary/aromatic N) is 1. The number of hydrogen-bond acceptors (Lipinski definition) is 3. The number of hydrogen-bond donors (Lipinski definition) is 2. The van der Waals surface area contributed by atoms with Crippen LogP contribution in [0.5, 0.6) is 0 Å². The zero-order valence-electron chi connectivity index (χ0n) is 6.96. The van der Waals surface area contributed by atoms with Crippen LogP contribution < -0.4 is 11.1 Å². The van der Waals surface area contributed by atoms with Crippen LogP contribution in [0.25, 0.3) is 0 Å². The van der Waals surface area contributed by atoms with Crippen molar-refractivity contribution in [2.24, 2.45) is 5.92 Å². The maximum atomic E-state index is 5.53. The maximum absolute atomic E-state index is 5.53. The summed E-state index contributed by atoms with van der Waals surface area (Å²) in [4.78, 5) is 3.92. The van der Waals surface area contributed by atoms with E-state index < -0.39 is 0 Å². The van der Waals surface area contributed by atoms with Gasteiger partial charge >= 0.3 is 0 Å². The summed E-state index contributed by atoms with van der Waals surface area (Å²) >= 11 is 0. The van der Waals surface area contributed by atoms with Crippen LogP contribution in [0.2, 0.25) is 0 Å². The van der Waals surface area contributed by atoms with Gasteiger partial charge in [0.15, 0.2) is 0 Å². The predicted molar refractivity (Wildman–Crippen MR) is 49.9 cm³/mol. The van der Waals surface area contributed by atoms with Crippen molar-refractivity contribution in [3.05, 3.63) is 18.3 Å². The molecule has 0 saturated heterocycles. The van der Waals surface area contributed by atoms with Gasteiger partial charge in [-0.1, -0.05) is 0 Å². The number of nitrogen functional groups attached to an aromatic ring is 1. The molecule has 1 saturated carbocycles. The molecule has 3 nitrogen and oxygen atoms in total. The highest BCUT2D eigenvalue weighted by Crippen LogP contribution is 2.28. The minimum atomic E-state index is 0.579. The average Bonchev–Trinajstić information content (AvgIpc) is 2.84. The monoisotopic (exact) mass is 163 g/mol. The van der Waals surface area contributed by atoms with Crippen molar-refractivity contribution >= 4 is 11.5 Å². The van der Waals surface area contributed by atoms with Gasteiger partial charge in [0, 0.05) is 24.5 Å². The lowest BCUT2D eigenvalue weighted by molar-refractivity contribution is 0.889. The molecule has 0 spiro atoms. The van der Waals surface area contributed by atoms with Crippen molar-refractivity contribution in [3.8, 4) is 0 Å². The Labute approximate surface area is 72.0 Å². The molecule has 2 rings (SSSR count). The van der Waals surface area contributed by atoms with E-state index in [4.69, 9.17) is 5.73 Å². The minimum absolute atomic E-state index is 0.579.